The summed E-state index contributed by atoms with van der Waals surface area (Å²) in [7, 11) is 0. The molecule has 1 amide bonds. The van der Waals surface area contributed by atoms with Gasteiger partial charge in [0, 0.05) is 19.1 Å². The van der Waals surface area contributed by atoms with Gasteiger partial charge in [-0.1, -0.05) is 49.4 Å². The van der Waals surface area contributed by atoms with Crippen molar-refractivity contribution in [3.05, 3.63) is 48.0 Å². The standard InChI is InChI=1S/C20H26N2O.ClH/c1-14-9-10-22(19(11-14)13-21)20(23)15(2)17-8-7-16-5-3-4-6-18(16)12-17;/h3-8,12,14-15,19H,9-11,13,21H2,1-2H3;1H. The average molecular weight is 347 g/mol. The zero-order valence-electron chi connectivity index (χ0n) is 14.4. The highest BCUT2D eigenvalue weighted by molar-refractivity contribution is 5.88. The molecule has 1 aliphatic heterocycles. The molecule has 1 aliphatic rings. The van der Waals surface area contributed by atoms with Gasteiger partial charge in [-0.2, -0.15) is 0 Å². The topological polar surface area (TPSA) is 46.3 Å². The van der Waals surface area contributed by atoms with E-state index in [4.69, 9.17) is 5.73 Å². The Balaban J connectivity index is 0.00000208. The van der Waals surface area contributed by atoms with Crippen LogP contribution in [0.3, 0.4) is 0 Å². The zero-order valence-corrected chi connectivity index (χ0v) is 15.3. The molecule has 0 saturated carbocycles. The van der Waals surface area contributed by atoms with E-state index in [1.165, 1.54) is 10.8 Å². The number of nitrogens with two attached hydrogens (primary N) is 1. The molecule has 0 radical (unpaired) electrons. The van der Waals surface area contributed by atoms with Crippen molar-refractivity contribution in [2.24, 2.45) is 11.7 Å². The number of carbonyl (C=O) groups excluding carboxylic acids is 1. The second-order valence-corrected chi connectivity index (χ2v) is 6.88. The lowest BCUT2D eigenvalue weighted by Gasteiger charge is -2.39. The number of benzene rings is 2. The van der Waals surface area contributed by atoms with Crippen molar-refractivity contribution in [1.82, 2.24) is 4.90 Å². The number of rotatable bonds is 3. The van der Waals surface area contributed by atoms with Crippen molar-refractivity contribution in [3.8, 4) is 0 Å². The van der Waals surface area contributed by atoms with Gasteiger partial charge in [0.1, 0.15) is 0 Å². The summed E-state index contributed by atoms with van der Waals surface area (Å²) in [5, 5.41) is 2.40. The zero-order chi connectivity index (χ0) is 16.4. The van der Waals surface area contributed by atoms with E-state index in [9.17, 15) is 4.79 Å². The number of amides is 1. The van der Waals surface area contributed by atoms with Gasteiger partial charge in [-0.15, -0.1) is 12.4 Å². The molecule has 2 aromatic rings. The van der Waals surface area contributed by atoms with Crippen LogP contribution in [0.15, 0.2) is 42.5 Å². The van der Waals surface area contributed by atoms with Crippen LogP contribution in [0, 0.1) is 5.92 Å². The Morgan fingerprint density at radius 1 is 1.25 bits per heavy atom. The molecule has 3 nitrogen and oxygen atoms in total. The summed E-state index contributed by atoms with van der Waals surface area (Å²) >= 11 is 0. The van der Waals surface area contributed by atoms with Crippen molar-refractivity contribution in [2.75, 3.05) is 13.1 Å². The van der Waals surface area contributed by atoms with E-state index < -0.39 is 0 Å². The Morgan fingerprint density at radius 2 is 1.96 bits per heavy atom. The first-order valence-corrected chi connectivity index (χ1v) is 8.59. The molecule has 1 saturated heterocycles. The fourth-order valence-corrected chi connectivity index (χ4v) is 3.63. The predicted octanol–water partition coefficient (Wildman–Crippen LogP) is 3.95. The lowest BCUT2D eigenvalue weighted by atomic mass is 9.90. The minimum Gasteiger partial charge on any atom is -0.338 e. The van der Waals surface area contributed by atoms with E-state index in [1.54, 1.807) is 0 Å². The molecule has 0 spiro atoms. The molecular formula is C20H27ClN2O. The third-order valence-corrected chi connectivity index (χ3v) is 5.18. The van der Waals surface area contributed by atoms with Gasteiger partial charge in [0.15, 0.2) is 0 Å². The van der Waals surface area contributed by atoms with Crippen LogP contribution in [0.1, 0.15) is 38.2 Å². The maximum absolute atomic E-state index is 13.0. The fraction of sp³-hybridized carbons (Fsp3) is 0.450. The molecule has 130 valence electrons. The maximum atomic E-state index is 13.0. The smallest absolute Gasteiger partial charge is 0.230 e. The second-order valence-electron chi connectivity index (χ2n) is 6.88. The summed E-state index contributed by atoms with van der Waals surface area (Å²) in [6.07, 6.45) is 2.10. The summed E-state index contributed by atoms with van der Waals surface area (Å²) < 4.78 is 0. The maximum Gasteiger partial charge on any atom is 0.230 e. The molecule has 24 heavy (non-hydrogen) atoms. The van der Waals surface area contributed by atoms with Gasteiger partial charge in [-0.25, -0.2) is 0 Å². The lowest BCUT2D eigenvalue weighted by Crippen LogP contribution is -2.50. The number of piperidine rings is 1. The summed E-state index contributed by atoms with van der Waals surface area (Å²) in [4.78, 5) is 15.0. The van der Waals surface area contributed by atoms with Crippen molar-refractivity contribution in [3.63, 3.8) is 0 Å². The largest absolute Gasteiger partial charge is 0.338 e. The van der Waals surface area contributed by atoms with Crippen LogP contribution in [0.2, 0.25) is 0 Å². The molecule has 0 aliphatic carbocycles. The van der Waals surface area contributed by atoms with Crippen LogP contribution >= 0.6 is 12.4 Å². The molecule has 0 aromatic heterocycles. The highest BCUT2D eigenvalue weighted by Crippen LogP contribution is 2.28. The van der Waals surface area contributed by atoms with Crippen molar-refractivity contribution < 1.29 is 4.79 Å². The predicted molar refractivity (Wildman–Crippen MR) is 103 cm³/mol. The first kappa shape index (κ1) is 18.8. The third kappa shape index (κ3) is 3.73. The van der Waals surface area contributed by atoms with Gasteiger partial charge >= 0.3 is 0 Å². The van der Waals surface area contributed by atoms with Crippen LogP contribution in [-0.4, -0.2) is 29.9 Å². The molecule has 3 atom stereocenters. The average Bonchev–Trinajstić information content (AvgIpc) is 2.60. The van der Waals surface area contributed by atoms with Gasteiger partial charge in [0.2, 0.25) is 5.91 Å². The number of likely N-dealkylation sites (tertiary alicyclic amines) is 1. The van der Waals surface area contributed by atoms with Crippen molar-refractivity contribution >= 4 is 29.1 Å². The number of nitrogens with zero attached hydrogens (tertiary/aromatic N) is 1. The van der Waals surface area contributed by atoms with Crippen molar-refractivity contribution in [2.45, 2.75) is 38.6 Å². The number of halogens is 1. The second kappa shape index (κ2) is 8.00. The van der Waals surface area contributed by atoms with Crippen LogP contribution in [-0.2, 0) is 4.79 Å². The first-order valence-electron chi connectivity index (χ1n) is 8.59. The van der Waals surface area contributed by atoms with E-state index in [0.717, 1.165) is 24.9 Å². The molecule has 4 heteroatoms. The molecule has 1 fully saturated rings. The molecule has 0 bridgehead atoms. The summed E-state index contributed by atoms with van der Waals surface area (Å²) in [6, 6.07) is 14.8. The van der Waals surface area contributed by atoms with E-state index >= 15 is 0 Å². The SMILES string of the molecule is CC1CCN(C(=O)C(C)c2ccc3ccccc3c2)C(CN)C1.Cl. The molecule has 3 unspecified atom stereocenters. The molecule has 2 N–H and O–H groups in total. The Hall–Kier alpha value is -1.58. The number of carbonyl (C=O) groups is 1. The first-order chi connectivity index (χ1) is 11.1. The molecule has 2 aromatic carbocycles. The van der Waals surface area contributed by atoms with Gasteiger partial charge in [0.25, 0.3) is 0 Å². The van der Waals surface area contributed by atoms with E-state index in [0.29, 0.717) is 12.5 Å². The summed E-state index contributed by atoms with van der Waals surface area (Å²) in [5.41, 5.74) is 7.00. The van der Waals surface area contributed by atoms with Crippen LogP contribution < -0.4 is 5.73 Å². The Labute approximate surface area is 150 Å². The lowest BCUT2D eigenvalue weighted by molar-refractivity contribution is -0.136. The van der Waals surface area contributed by atoms with Gasteiger partial charge < -0.3 is 10.6 Å². The highest BCUT2D eigenvalue weighted by Gasteiger charge is 2.31. The third-order valence-electron chi connectivity index (χ3n) is 5.18. The van der Waals surface area contributed by atoms with Crippen LogP contribution in [0.4, 0.5) is 0 Å². The molecule has 3 rings (SSSR count). The minimum atomic E-state index is -0.123. The summed E-state index contributed by atoms with van der Waals surface area (Å²) in [6.45, 7) is 5.65. The van der Waals surface area contributed by atoms with Gasteiger partial charge in [-0.3, -0.25) is 4.79 Å². The van der Waals surface area contributed by atoms with E-state index in [1.807, 2.05) is 24.0 Å². The number of hydrogen-bond donors (Lipinski definition) is 1. The minimum absolute atomic E-state index is 0. The van der Waals surface area contributed by atoms with Gasteiger partial charge in [-0.05, 0) is 42.0 Å². The Kier molecular flexibility index (Phi) is 6.25. The quantitative estimate of drug-likeness (QED) is 0.914. The highest BCUT2D eigenvalue weighted by atomic mass is 35.5. The van der Waals surface area contributed by atoms with Crippen molar-refractivity contribution in [1.29, 1.82) is 0 Å². The Morgan fingerprint density at radius 3 is 2.67 bits per heavy atom. The van der Waals surface area contributed by atoms with E-state index in [2.05, 4.69) is 37.3 Å². The molecular weight excluding hydrogens is 320 g/mol. The molecule has 1 heterocycles. The monoisotopic (exact) mass is 346 g/mol. The van der Waals surface area contributed by atoms with Crippen LogP contribution in [0.5, 0.6) is 0 Å². The fourth-order valence-electron chi connectivity index (χ4n) is 3.63. The summed E-state index contributed by atoms with van der Waals surface area (Å²) in [5.74, 6) is 0.744. The van der Waals surface area contributed by atoms with Gasteiger partial charge in [0.05, 0.1) is 5.92 Å². The number of fused-ring (bicyclic) bond motifs is 1. The number of hydrogen-bond acceptors (Lipinski definition) is 2. The Bertz CT molecular complexity index is 703. The van der Waals surface area contributed by atoms with E-state index in [-0.39, 0.29) is 30.3 Å². The van der Waals surface area contributed by atoms with Crippen LogP contribution in [0.25, 0.3) is 10.8 Å². The normalized spacial score (nSPS) is 22.0.